The van der Waals surface area contributed by atoms with Crippen LogP contribution in [0.2, 0.25) is 0 Å². The summed E-state index contributed by atoms with van der Waals surface area (Å²) in [6, 6.07) is 8.52. The van der Waals surface area contributed by atoms with Gasteiger partial charge in [0.05, 0.1) is 5.75 Å². The van der Waals surface area contributed by atoms with Crippen molar-refractivity contribution in [2.45, 2.75) is 34.1 Å². The molecule has 0 aliphatic carbocycles. The van der Waals surface area contributed by atoms with Crippen LogP contribution in [0.15, 0.2) is 29.3 Å². The molecule has 0 fully saturated rings. The molecule has 0 aromatic heterocycles. The first-order chi connectivity index (χ1) is 12.6. The van der Waals surface area contributed by atoms with Crippen LogP contribution in [-0.4, -0.2) is 59.6 Å². The summed E-state index contributed by atoms with van der Waals surface area (Å²) in [6.07, 6.45) is 1.90. The number of guanidine groups is 1. The summed E-state index contributed by atoms with van der Waals surface area (Å²) >= 11 is 0. The Bertz CT molecular complexity index is 714. The smallest absolute Gasteiger partial charge is 0.191 e. The average molecular weight is 397 g/mol. The number of anilines is 1. The molecule has 0 atom stereocenters. The third-order valence-electron chi connectivity index (χ3n) is 4.53. The van der Waals surface area contributed by atoms with Gasteiger partial charge in [-0.15, -0.1) is 0 Å². The number of nitrogens with one attached hydrogen (secondary N) is 2. The number of rotatable bonds is 10. The number of hydrogen-bond acceptors (Lipinski definition) is 4. The van der Waals surface area contributed by atoms with Crippen molar-refractivity contribution < 1.29 is 8.42 Å². The lowest BCUT2D eigenvalue weighted by molar-refractivity contribution is 0.348. The Kier molecular flexibility index (Phi) is 9.09. The lowest BCUT2D eigenvalue weighted by Gasteiger charge is -2.27. The topological polar surface area (TPSA) is 73.8 Å². The van der Waals surface area contributed by atoms with E-state index in [1.54, 1.807) is 7.05 Å². The van der Waals surface area contributed by atoms with Crippen LogP contribution in [0, 0.1) is 12.3 Å². The summed E-state index contributed by atoms with van der Waals surface area (Å²) in [6.45, 7) is 11.6. The van der Waals surface area contributed by atoms with Gasteiger partial charge in [-0.1, -0.05) is 26.0 Å². The number of likely N-dealkylation sites (N-methyl/N-ethyl adjacent to an activating group) is 1. The highest BCUT2D eigenvalue weighted by atomic mass is 32.2. The molecular weight excluding hydrogens is 360 g/mol. The van der Waals surface area contributed by atoms with E-state index in [2.05, 4.69) is 72.5 Å². The van der Waals surface area contributed by atoms with Gasteiger partial charge in [0.25, 0.3) is 0 Å². The Morgan fingerprint density at radius 3 is 2.52 bits per heavy atom. The molecule has 0 amide bonds. The van der Waals surface area contributed by atoms with E-state index in [1.165, 1.54) is 17.5 Å². The maximum absolute atomic E-state index is 11.4. The predicted molar refractivity (Wildman–Crippen MR) is 117 cm³/mol. The average Bonchev–Trinajstić information content (AvgIpc) is 2.59. The lowest BCUT2D eigenvalue weighted by atomic mass is 9.90. The number of benzene rings is 1. The molecule has 7 heteroatoms. The number of nitrogens with zero attached hydrogens (tertiary/aromatic N) is 2. The molecule has 1 aromatic rings. The number of sulfone groups is 1. The lowest BCUT2D eigenvalue weighted by Crippen LogP contribution is -2.45. The van der Waals surface area contributed by atoms with Gasteiger partial charge < -0.3 is 15.5 Å². The SMILES string of the molecule is CCN(CCNC(=NC)NCC(C)(C)CCS(C)(=O)=O)c1cccc(C)c1. The molecule has 0 saturated heterocycles. The van der Waals surface area contributed by atoms with Gasteiger partial charge in [0.1, 0.15) is 9.84 Å². The van der Waals surface area contributed by atoms with Crippen LogP contribution in [0.1, 0.15) is 32.8 Å². The van der Waals surface area contributed by atoms with Gasteiger partial charge in [-0.2, -0.15) is 0 Å². The van der Waals surface area contributed by atoms with E-state index in [9.17, 15) is 8.42 Å². The Balaban J connectivity index is 2.47. The summed E-state index contributed by atoms with van der Waals surface area (Å²) < 4.78 is 22.8. The van der Waals surface area contributed by atoms with Crippen molar-refractivity contribution in [2.24, 2.45) is 10.4 Å². The fourth-order valence-electron chi connectivity index (χ4n) is 2.70. The Morgan fingerprint density at radius 2 is 1.96 bits per heavy atom. The van der Waals surface area contributed by atoms with Crippen LogP contribution in [0.5, 0.6) is 0 Å². The molecule has 0 aliphatic heterocycles. The summed E-state index contributed by atoms with van der Waals surface area (Å²) in [5.41, 5.74) is 2.36. The minimum atomic E-state index is -2.94. The molecule has 1 rings (SSSR count). The zero-order chi connectivity index (χ0) is 20.5. The first-order valence-electron chi connectivity index (χ1n) is 9.50. The van der Waals surface area contributed by atoms with E-state index in [0.717, 1.165) is 25.6 Å². The maximum Gasteiger partial charge on any atom is 0.191 e. The second kappa shape index (κ2) is 10.5. The van der Waals surface area contributed by atoms with Crippen LogP contribution >= 0.6 is 0 Å². The summed E-state index contributed by atoms with van der Waals surface area (Å²) in [5, 5.41) is 6.65. The molecule has 0 radical (unpaired) electrons. The molecule has 0 aliphatic rings. The van der Waals surface area contributed by atoms with Crippen molar-refractivity contribution in [1.29, 1.82) is 0 Å². The van der Waals surface area contributed by atoms with Gasteiger partial charge in [0, 0.05) is 45.2 Å². The van der Waals surface area contributed by atoms with Crippen LogP contribution < -0.4 is 15.5 Å². The molecule has 6 nitrogen and oxygen atoms in total. The van der Waals surface area contributed by atoms with E-state index in [0.29, 0.717) is 13.0 Å². The van der Waals surface area contributed by atoms with Crippen molar-refractivity contribution in [2.75, 3.05) is 50.1 Å². The second-order valence-corrected chi connectivity index (χ2v) is 10.1. The minimum Gasteiger partial charge on any atom is -0.370 e. The Morgan fingerprint density at radius 1 is 1.26 bits per heavy atom. The molecule has 27 heavy (non-hydrogen) atoms. The summed E-state index contributed by atoms with van der Waals surface area (Å²) in [7, 11) is -1.19. The van der Waals surface area contributed by atoms with Gasteiger partial charge in [0.2, 0.25) is 0 Å². The fourth-order valence-corrected chi connectivity index (χ4v) is 3.62. The van der Waals surface area contributed by atoms with Crippen LogP contribution in [0.25, 0.3) is 0 Å². The van der Waals surface area contributed by atoms with E-state index >= 15 is 0 Å². The molecule has 0 unspecified atom stereocenters. The zero-order valence-electron chi connectivity index (χ0n) is 17.7. The Hall–Kier alpha value is -1.76. The van der Waals surface area contributed by atoms with Crippen molar-refractivity contribution in [3.8, 4) is 0 Å². The molecule has 0 saturated carbocycles. The number of aryl methyl sites for hydroxylation is 1. The zero-order valence-corrected chi connectivity index (χ0v) is 18.5. The predicted octanol–water partition coefficient (Wildman–Crippen LogP) is 2.45. The van der Waals surface area contributed by atoms with E-state index < -0.39 is 9.84 Å². The Labute approximate surface area is 165 Å². The molecule has 0 bridgehead atoms. The third-order valence-corrected chi connectivity index (χ3v) is 5.48. The summed E-state index contributed by atoms with van der Waals surface area (Å²) in [5.74, 6) is 0.943. The molecular formula is C20H36N4O2S. The molecule has 2 N–H and O–H groups in total. The molecule has 1 aromatic carbocycles. The van der Waals surface area contributed by atoms with Gasteiger partial charge in [-0.05, 0) is 43.4 Å². The number of hydrogen-bond donors (Lipinski definition) is 2. The first kappa shape index (κ1) is 23.3. The third kappa shape index (κ3) is 9.65. The maximum atomic E-state index is 11.4. The minimum absolute atomic E-state index is 0.127. The normalized spacial score (nSPS) is 12.7. The standard InChI is InChI=1S/C20H36N4O2S/c1-7-24(18-10-8-9-17(2)15-18)13-12-22-19(21-5)23-16-20(3,4)11-14-27(6,25)26/h8-10,15H,7,11-14,16H2,1-6H3,(H2,21,22,23). The van der Waals surface area contributed by atoms with Crippen molar-refractivity contribution in [3.05, 3.63) is 29.8 Å². The van der Waals surface area contributed by atoms with E-state index in [4.69, 9.17) is 0 Å². The van der Waals surface area contributed by atoms with Gasteiger partial charge >= 0.3 is 0 Å². The van der Waals surface area contributed by atoms with Gasteiger partial charge in [0.15, 0.2) is 5.96 Å². The van der Waals surface area contributed by atoms with Crippen LogP contribution in [-0.2, 0) is 9.84 Å². The quantitative estimate of drug-likeness (QED) is 0.469. The van der Waals surface area contributed by atoms with E-state index in [-0.39, 0.29) is 11.2 Å². The van der Waals surface area contributed by atoms with Crippen LogP contribution in [0.3, 0.4) is 0 Å². The highest BCUT2D eigenvalue weighted by Crippen LogP contribution is 2.19. The fraction of sp³-hybridized carbons (Fsp3) is 0.650. The van der Waals surface area contributed by atoms with Gasteiger partial charge in [-0.3, -0.25) is 4.99 Å². The monoisotopic (exact) mass is 396 g/mol. The number of aliphatic imine (C=N–C) groups is 1. The van der Waals surface area contributed by atoms with E-state index in [1.807, 2.05) is 0 Å². The van der Waals surface area contributed by atoms with Crippen molar-refractivity contribution in [3.63, 3.8) is 0 Å². The van der Waals surface area contributed by atoms with Gasteiger partial charge in [-0.25, -0.2) is 8.42 Å². The highest BCUT2D eigenvalue weighted by molar-refractivity contribution is 7.90. The highest BCUT2D eigenvalue weighted by Gasteiger charge is 2.20. The molecule has 0 heterocycles. The molecule has 0 spiro atoms. The van der Waals surface area contributed by atoms with Crippen LogP contribution in [0.4, 0.5) is 5.69 Å². The first-order valence-corrected chi connectivity index (χ1v) is 11.6. The largest absolute Gasteiger partial charge is 0.370 e. The summed E-state index contributed by atoms with van der Waals surface area (Å²) in [4.78, 5) is 6.59. The second-order valence-electron chi connectivity index (χ2n) is 7.82. The molecule has 154 valence electrons. The van der Waals surface area contributed by atoms with Crippen molar-refractivity contribution in [1.82, 2.24) is 10.6 Å². The van der Waals surface area contributed by atoms with Crippen molar-refractivity contribution >= 4 is 21.5 Å².